The summed E-state index contributed by atoms with van der Waals surface area (Å²) in [5.74, 6) is -1.20. The van der Waals surface area contributed by atoms with E-state index in [-0.39, 0.29) is 18.5 Å². The number of carbonyl (C=O) groups excluding carboxylic acids is 1. The summed E-state index contributed by atoms with van der Waals surface area (Å²) in [6.45, 7) is 2.86. The Labute approximate surface area is 111 Å². The molecule has 1 amide bonds. The van der Waals surface area contributed by atoms with Gasteiger partial charge in [0.25, 0.3) is 0 Å². The summed E-state index contributed by atoms with van der Waals surface area (Å²) >= 11 is 0. The van der Waals surface area contributed by atoms with Crippen molar-refractivity contribution in [3.63, 3.8) is 0 Å². The van der Waals surface area contributed by atoms with E-state index in [2.05, 4.69) is 10.6 Å². The van der Waals surface area contributed by atoms with Crippen LogP contribution in [0.5, 0.6) is 0 Å². The minimum atomic E-state index is -0.898. The molecule has 0 saturated heterocycles. The fourth-order valence-electron chi connectivity index (χ4n) is 1.87. The molecule has 0 heterocycles. The van der Waals surface area contributed by atoms with Crippen molar-refractivity contribution in [1.29, 1.82) is 0 Å². The van der Waals surface area contributed by atoms with Crippen LogP contribution in [0.4, 0.5) is 8.78 Å². The van der Waals surface area contributed by atoms with E-state index in [1.54, 1.807) is 6.92 Å². The van der Waals surface area contributed by atoms with Crippen molar-refractivity contribution in [2.75, 3.05) is 13.1 Å². The molecule has 19 heavy (non-hydrogen) atoms. The molecule has 1 saturated carbocycles. The molecule has 2 rings (SSSR count). The zero-order valence-electron chi connectivity index (χ0n) is 10.9. The number of rotatable bonds is 6. The first-order valence-corrected chi connectivity index (χ1v) is 6.51. The van der Waals surface area contributed by atoms with Crippen molar-refractivity contribution in [2.24, 2.45) is 5.92 Å². The average molecular weight is 268 g/mol. The van der Waals surface area contributed by atoms with Crippen LogP contribution < -0.4 is 10.6 Å². The zero-order chi connectivity index (χ0) is 13.8. The molecular weight excluding hydrogens is 250 g/mol. The van der Waals surface area contributed by atoms with Gasteiger partial charge in [0, 0.05) is 0 Å². The van der Waals surface area contributed by atoms with Gasteiger partial charge >= 0.3 is 0 Å². The van der Waals surface area contributed by atoms with Crippen molar-refractivity contribution in [3.05, 3.63) is 35.4 Å². The van der Waals surface area contributed by atoms with E-state index in [0.29, 0.717) is 5.56 Å². The maximum atomic E-state index is 13.1. The molecule has 0 bridgehead atoms. The summed E-state index contributed by atoms with van der Waals surface area (Å²) in [7, 11) is 0. The summed E-state index contributed by atoms with van der Waals surface area (Å²) in [6, 6.07) is 3.31. The lowest BCUT2D eigenvalue weighted by Gasteiger charge is -2.15. The maximum Gasteiger partial charge on any atom is 0.234 e. The maximum absolute atomic E-state index is 13.1. The lowest BCUT2D eigenvalue weighted by atomic mass is 10.1. The normalized spacial score (nSPS) is 16.2. The van der Waals surface area contributed by atoms with Crippen LogP contribution in [-0.4, -0.2) is 19.0 Å². The van der Waals surface area contributed by atoms with Gasteiger partial charge in [0.2, 0.25) is 5.91 Å². The number of nitrogens with one attached hydrogen (secondary N) is 2. The molecule has 0 spiro atoms. The predicted octanol–water partition coefficient (Wildman–Crippen LogP) is 2.14. The number of benzene rings is 1. The average Bonchev–Trinajstić information content (AvgIpc) is 3.16. The van der Waals surface area contributed by atoms with Crippen LogP contribution in [0.1, 0.15) is 31.4 Å². The monoisotopic (exact) mass is 268 g/mol. The largest absolute Gasteiger partial charge is 0.348 e. The Morgan fingerprint density at radius 2 is 2.11 bits per heavy atom. The Hall–Kier alpha value is -1.49. The second-order valence-corrected chi connectivity index (χ2v) is 5.04. The number of carbonyl (C=O) groups is 1. The van der Waals surface area contributed by atoms with Gasteiger partial charge in [0.15, 0.2) is 11.6 Å². The molecule has 0 radical (unpaired) electrons. The first-order chi connectivity index (χ1) is 9.06. The van der Waals surface area contributed by atoms with Crippen molar-refractivity contribution < 1.29 is 13.6 Å². The third kappa shape index (κ3) is 4.28. The van der Waals surface area contributed by atoms with Crippen molar-refractivity contribution in [1.82, 2.24) is 10.6 Å². The van der Waals surface area contributed by atoms with Crippen molar-refractivity contribution >= 4 is 5.91 Å². The molecule has 1 aliphatic rings. The number of amides is 1. The third-order valence-corrected chi connectivity index (χ3v) is 3.24. The quantitative estimate of drug-likeness (QED) is 0.830. The highest BCUT2D eigenvalue weighted by molar-refractivity contribution is 5.78. The molecule has 1 aliphatic carbocycles. The van der Waals surface area contributed by atoms with Gasteiger partial charge in [-0.3, -0.25) is 4.79 Å². The van der Waals surface area contributed by atoms with E-state index < -0.39 is 11.6 Å². The summed E-state index contributed by atoms with van der Waals surface area (Å²) in [6.07, 6.45) is 2.47. The second kappa shape index (κ2) is 6.10. The second-order valence-electron chi connectivity index (χ2n) is 5.04. The fourth-order valence-corrected chi connectivity index (χ4v) is 1.87. The number of hydrogen-bond donors (Lipinski definition) is 2. The summed E-state index contributed by atoms with van der Waals surface area (Å²) in [5.41, 5.74) is 0.550. The van der Waals surface area contributed by atoms with Gasteiger partial charge in [-0.25, -0.2) is 8.78 Å². The molecule has 3 nitrogen and oxygen atoms in total. The Morgan fingerprint density at radius 3 is 2.74 bits per heavy atom. The van der Waals surface area contributed by atoms with E-state index in [4.69, 9.17) is 0 Å². The molecule has 2 N–H and O–H groups in total. The van der Waals surface area contributed by atoms with Crippen LogP contribution in [-0.2, 0) is 4.79 Å². The van der Waals surface area contributed by atoms with Gasteiger partial charge in [-0.1, -0.05) is 6.07 Å². The van der Waals surface area contributed by atoms with E-state index >= 15 is 0 Å². The standard InChI is InChI=1S/C14H18F2N2O/c1-9(11-4-5-12(15)13(16)6-11)18-14(19)8-17-7-10-2-3-10/h4-6,9-10,17H,2-3,7-8H2,1H3,(H,18,19). The van der Waals surface area contributed by atoms with E-state index in [9.17, 15) is 13.6 Å². The van der Waals surface area contributed by atoms with E-state index in [1.165, 1.54) is 18.9 Å². The third-order valence-electron chi connectivity index (χ3n) is 3.24. The molecule has 1 aromatic carbocycles. The SMILES string of the molecule is CC(NC(=O)CNCC1CC1)c1ccc(F)c(F)c1. The smallest absolute Gasteiger partial charge is 0.234 e. The van der Waals surface area contributed by atoms with Gasteiger partial charge < -0.3 is 10.6 Å². The lowest BCUT2D eigenvalue weighted by molar-refractivity contribution is -0.120. The minimum Gasteiger partial charge on any atom is -0.348 e. The first kappa shape index (κ1) is 13.9. The Bertz CT molecular complexity index is 461. The Kier molecular flexibility index (Phi) is 4.47. The highest BCUT2D eigenvalue weighted by Gasteiger charge is 2.20. The van der Waals surface area contributed by atoms with Gasteiger partial charge in [0.1, 0.15) is 0 Å². The van der Waals surface area contributed by atoms with Gasteiger partial charge in [-0.2, -0.15) is 0 Å². The Balaban J connectivity index is 1.79. The molecule has 0 aromatic heterocycles. The molecule has 5 heteroatoms. The summed E-state index contributed by atoms with van der Waals surface area (Å²) in [4.78, 5) is 11.6. The number of hydrogen-bond acceptors (Lipinski definition) is 2. The van der Waals surface area contributed by atoms with Crippen LogP contribution in [0, 0.1) is 17.6 Å². The summed E-state index contributed by atoms with van der Waals surface area (Å²) in [5, 5.41) is 5.82. The molecule has 1 fully saturated rings. The minimum absolute atomic E-state index is 0.141. The van der Waals surface area contributed by atoms with Crippen LogP contribution in [0.15, 0.2) is 18.2 Å². The van der Waals surface area contributed by atoms with Gasteiger partial charge in [-0.05, 0) is 49.9 Å². The first-order valence-electron chi connectivity index (χ1n) is 6.51. The molecule has 0 aliphatic heterocycles. The molecular formula is C14H18F2N2O. The number of halogens is 2. The van der Waals surface area contributed by atoms with Crippen LogP contribution in [0.25, 0.3) is 0 Å². The lowest BCUT2D eigenvalue weighted by Crippen LogP contribution is -2.36. The molecule has 1 unspecified atom stereocenters. The topological polar surface area (TPSA) is 41.1 Å². The van der Waals surface area contributed by atoms with E-state index in [0.717, 1.165) is 24.6 Å². The van der Waals surface area contributed by atoms with E-state index in [1.807, 2.05) is 0 Å². The highest BCUT2D eigenvalue weighted by Crippen LogP contribution is 2.27. The predicted molar refractivity (Wildman–Crippen MR) is 68.5 cm³/mol. The van der Waals surface area contributed by atoms with Crippen LogP contribution in [0.2, 0.25) is 0 Å². The van der Waals surface area contributed by atoms with Crippen molar-refractivity contribution in [3.8, 4) is 0 Å². The highest BCUT2D eigenvalue weighted by atomic mass is 19.2. The van der Waals surface area contributed by atoms with Crippen molar-refractivity contribution in [2.45, 2.75) is 25.8 Å². The zero-order valence-corrected chi connectivity index (χ0v) is 10.9. The Morgan fingerprint density at radius 1 is 1.37 bits per heavy atom. The van der Waals surface area contributed by atoms with Crippen LogP contribution >= 0.6 is 0 Å². The molecule has 1 aromatic rings. The van der Waals surface area contributed by atoms with Gasteiger partial charge in [-0.15, -0.1) is 0 Å². The van der Waals surface area contributed by atoms with Crippen LogP contribution in [0.3, 0.4) is 0 Å². The van der Waals surface area contributed by atoms with Gasteiger partial charge in [0.05, 0.1) is 12.6 Å². The summed E-state index contributed by atoms with van der Waals surface area (Å²) < 4.78 is 25.9. The molecule has 1 atom stereocenters. The molecule has 104 valence electrons. The fraction of sp³-hybridized carbons (Fsp3) is 0.500.